The van der Waals surface area contributed by atoms with Gasteiger partial charge in [0.15, 0.2) is 0 Å². The molecule has 1 aliphatic rings. The van der Waals surface area contributed by atoms with Gasteiger partial charge in [0.2, 0.25) is 15.9 Å². The third kappa shape index (κ3) is 6.12. The molecule has 2 atom stereocenters. The van der Waals surface area contributed by atoms with Crippen molar-refractivity contribution in [1.29, 1.82) is 0 Å². The molecule has 1 saturated heterocycles. The molecule has 1 fully saturated rings. The van der Waals surface area contributed by atoms with Gasteiger partial charge in [-0.15, -0.1) is 0 Å². The van der Waals surface area contributed by atoms with Gasteiger partial charge in [-0.25, -0.2) is 12.7 Å². The summed E-state index contributed by atoms with van der Waals surface area (Å²) < 4.78 is 26.7. The van der Waals surface area contributed by atoms with E-state index in [0.29, 0.717) is 19.5 Å². The first kappa shape index (κ1) is 19.9. The van der Waals surface area contributed by atoms with Crippen molar-refractivity contribution in [1.82, 2.24) is 9.62 Å². The Balaban J connectivity index is 1.86. The van der Waals surface area contributed by atoms with E-state index < -0.39 is 10.0 Å². The molecule has 1 amide bonds. The number of hydrogen-bond acceptors (Lipinski definition) is 3. The molecule has 1 aromatic rings. The Labute approximate surface area is 151 Å². The van der Waals surface area contributed by atoms with Crippen LogP contribution in [0, 0.1) is 5.92 Å². The number of sulfonamides is 1. The third-order valence-corrected chi connectivity index (χ3v) is 6.78. The molecule has 5 nitrogen and oxygen atoms in total. The summed E-state index contributed by atoms with van der Waals surface area (Å²) in [7, 11) is -3.30. The van der Waals surface area contributed by atoms with Gasteiger partial charge in [-0.3, -0.25) is 4.79 Å². The van der Waals surface area contributed by atoms with Crippen molar-refractivity contribution in [3.63, 3.8) is 0 Å². The number of carbonyl (C=O) groups excluding carboxylic acids is 1. The van der Waals surface area contributed by atoms with Crippen LogP contribution in [0.15, 0.2) is 30.3 Å². The van der Waals surface area contributed by atoms with Gasteiger partial charge in [0, 0.05) is 19.1 Å². The Bertz CT molecular complexity index is 646. The predicted molar refractivity (Wildman–Crippen MR) is 101 cm³/mol. The van der Waals surface area contributed by atoms with Crippen LogP contribution in [0.5, 0.6) is 0 Å². The fraction of sp³-hybridized carbons (Fsp3) is 0.632. The molecule has 140 valence electrons. The highest BCUT2D eigenvalue weighted by Crippen LogP contribution is 2.20. The summed E-state index contributed by atoms with van der Waals surface area (Å²) >= 11 is 0. The number of hydrogen-bond donors (Lipinski definition) is 1. The number of amides is 1. The van der Waals surface area contributed by atoms with Gasteiger partial charge in [0.25, 0.3) is 0 Å². The van der Waals surface area contributed by atoms with Crippen LogP contribution in [0.1, 0.15) is 45.1 Å². The normalized spacial score (nSPS) is 20.2. The van der Waals surface area contributed by atoms with Gasteiger partial charge in [-0.2, -0.15) is 0 Å². The van der Waals surface area contributed by atoms with Gasteiger partial charge in [0.1, 0.15) is 0 Å². The molecular weight excluding hydrogens is 336 g/mol. The SMILES string of the molecule is CCC(C)NC(=O)C1CCCN(S(=O)(=O)CCCc2ccccc2)C1. The maximum absolute atomic E-state index is 12.6. The molecule has 0 bridgehead atoms. The van der Waals surface area contributed by atoms with Crippen molar-refractivity contribution in [2.24, 2.45) is 5.92 Å². The van der Waals surface area contributed by atoms with E-state index in [4.69, 9.17) is 0 Å². The monoisotopic (exact) mass is 366 g/mol. The van der Waals surface area contributed by atoms with Crippen molar-refractivity contribution in [2.45, 2.75) is 52.0 Å². The van der Waals surface area contributed by atoms with E-state index in [1.807, 2.05) is 44.2 Å². The highest BCUT2D eigenvalue weighted by molar-refractivity contribution is 7.89. The van der Waals surface area contributed by atoms with E-state index in [1.165, 1.54) is 4.31 Å². The summed E-state index contributed by atoms with van der Waals surface area (Å²) in [6.45, 7) is 4.84. The van der Waals surface area contributed by atoms with Crippen LogP contribution in [-0.4, -0.2) is 43.5 Å². The van der Waals surface area contributed by atoms with Crippen LogP contribution in [0.3, 0.4) is 0 Å². The molecule has 1 aliphatic heterocycles. The fourth-order valence-corrected chi connectivity index (χ4v) is 4.69. The first-order valence-electron chi connectivity index (χ1n) is 9.24. The van der Waals surface area contributed by atoms with Crippen LogP contribution < -0.4 is 5.32 Å². The van der Waals surface area contributed by atoms with Crippen LogP contribution >= 0.6 is 0 Å². The first-order valence-corrected chi connectivity index (χ1v) is 10.9. The number of rotatable bonds is 8. The predicted octanol–water partition coefficient (Wildman–Crippen LogP) is 2.58. The average Bonchev–Trinajstić information content (AvgIpc) is 2.62. The van der Waals surface area contributed by atoms with Crippen LogP contribution in [0.4, 0.5) is 0 Å². The van der Waals surface area contributed by atoms with Gasteiger partial charge in [0.05, 0.1) is 11.7 Å². The summed E-state index contributed by atoms with van der Waals surface area (Å²) in [6, 6.07) is 10.1. The zero-order valence-electron chi connectivity index (χ0n) is 15.3. The Morgan fingerprint density at radius 3 is 2.72 bits per heavy atom. The van der Waals surface area contributed by atoms with Crippen molar-refractivity contribution in [3.05, 3.63) is 35.9 Å². The third-order valence-electron chi connectivity index (χ3n) is 4.86. The minimum Gasteiger partial charge on any atom is -0.353 e. The summed E-state index contributed by atoms with van der Waals surface area (Å²) in [5.74, 6) is -0.105. The lowest BCUT2D eigenvalue weighted by atomic mass is 9.98. The van der Waals surface area contributed by atoms with Crippen LogP contribution in [-0.2, 0) is 21.2 Å². The van der Waals surface area contributed by atoms with Crippen LogP contribution in [0.25, 0.3) is 0 Å². The summed E-state index contributed by atoms with van der Waals surface area (Å²) in [6.07, 6.45) is 3.74. The lowest BCUT2D eigenvalue weighted by Crippen LogP contribution is -2.47. The van der Waals surface area contributed by atoms with Crippen molar-refractivity contribution in [3.8, 4) is 0 Å². The summed E-state index contributed by atoms with van der Waals surface area (Å²) in [4.78, 5) is 12.3. The van der Waals surface area contributed by atoms with E-state index in [1.54, 1.807) is 0 Å². The molecule has 0 aliphatic carbocycles. The Morgan fingerprint density at radius 1 is 1.32 bits per heavy atom. The minimum absolute atomic E-state index is 0.0152. The lowest BCUT2D eigenvalue weighted by Gasteiger charge is -2.31. The quantitative estimate of drug-likeness (QED) is 0.769. The van der Waals surface area contributed by atoms with E-state index >= 15 is 0 Å². The fourth-order valence-electron chi connectivity index (χ4n) is 3.10. The van der Waals surface area contributed by atoms with Crippen molar-refractivity contribution >= 4 is 15.9 Å². The summed E-state index contributed by atoms with van der Waals surface area (Å²) in [5, 5.41) is 2.98. The molecule has 2 unspecified atom stereocenters. The van der Waals surface area contributed by atoms with Gasteiger partial charge < -0.3 is 5.32 Å². The molecule has 25 heavy (non-hydrogen) atoms. The molecule has 0 aromatic heterocycles. The molecule has 1 N–H and O–H groups in total. The number of nitrogens with one attached hydrogen (secondary N) is 1. The Kier molecular flexibility index (Phi) is 7.44. The van der Waals surface area contributed by atoms with Gasteiger partial charge in [-0.05, 0) is 44.6 Å². The second-order valence-electron chi connectivity index (χ2n) is 6.92. The first-order chi connectivity index (χ1) is 11.9. The second-order valence-corrected chi connectivity index (χ2v) is 9.01. The number of nitrogens with zero attached hydrogens (tertiary/aromatic N) is 1. The Morgan fingerprint density at radius 2 is 2.04 bits per heavy atom. The van der Waals surface area contributed by atoms with Crippen molar-refractivity contribution < 1.29 is 13.2 Å². The lowest BCUT2D eigenvalue weighted by molar-refractivity contribution is -0.126. The number of benzene rings is 1. The number of piperidine rings is 1. The highest BCUT2D eigenvalue weighted by Gasteiger charge is 2.32. The molecule has 0 saturated carbocycles. The molecule has 6 heteroatoms. The molecule has 0 spiro atoms. The maximum Gasteiger partial charge on any atom is 0.224 e. The zero-order chi connectivity index (χ0) is 18.3. The van der Waals surface area contributed by atoms with Gasteiger partial charge >= 0.3 is 0 Å². The summed E-state index contributed by atoms with van der Waals surface area (Å²) in [5.41, 5.74) is 1.15. The maximum atomic E-state index is 12.6. The van der Waals surface area contributed by atoms with Gasteiger partial charge in [-0.1, -0.05) is 37.3 Å². The largest absolute Gasteiger partial charge is 0.353 e. The molecule has 0 radical (unpaired) electrons. The molecule has 1 heterocycles. The van der Waals surface area contributed by atoms with Crippen molar-refractivity contribution in [2.75, 3.05) is 18.8 Å². The average molecular weight is 367 g/mol. The van der Waals surface area contributed by atoms with E-state index in [0.717, 1.165) is 31.2 Å². The molecule has 2 rings (SSSR count). The highest BCUT2D eigenvalue weighted by atomic mass is 32.2. The van der Waals surface area contributed by atoms with Crippen LogP contribution in [0.2, 0.25) is 0 Å². The van der Waals surface area contributed by atoms with E-state index in [-0.39, 0.29) is 23.6 Å². The van der Waals surface area contributed by atoms with E-state index in [2.05, 4.69) is 5.32 Å². The second kappa shape index (κ2) is 9.34. The smallest absolute Gasteiger partial charge is 0.224 e. The number of aryl methyl sites for hydroxylation is 1. The Hall–Kier alpha value is -1.40. The molecule has 1 aromatic carbocycles. The van der Waals surface area contributed by atoms with E-state index in [9.17, 15) is 13.2 Å². The number of carbonyl (C=O) groups is 1. The standard InChI is InChI=1S/C19H30N2O3S/c1-3-16(2)20-19(22)18-12-7-13-21(15-18)25(23,24)14-8-11-17-9-5-4-6-10-17/h4-6,9-10,16,18H,3,7-8,11-15H2,1-2H3,(H,20,22). The minimum atomic E-state index is -3.30. The topological polar surface area (TPSA) is 66.5 Å². The zero-order valence-corrected chi connectivity index (χ0v) is 16.1. The molecular formula is C19H30N2O3S.